The van der Waals surface area contributed by atoms with E-state index in [-0.39, 0.29) is 11.7 Å². The summed E-state index contributed by atoms with van der Waals surface area (Å²) < 4.78 is 21.9. The van der Waals surface area contributed by atoms with Crippen molar-refractivity contribution >= 4 is 15.7 Å². The number of hydrogen-bond acceptors (Lipinski definition) is 3. The summed E-state index contributed by atoms with van der Waals surface area (Å²) in [5.74, 6) is 0.107. The second-order valence-electron chi connectivity index (χ2n) is 4.70. The average molecular weight is 295 g/mol. The molecular formula is C15H21NO3S. The molecule has 1 rings (SSSR count). The number of nitrogens with one attached hydrogen (secondary N) is 1. The molecule has 0 aliphatic heterocycles. The minimum absolute atomic E-state index is 0.107. The predicted octanol–water partition coefficient (Wildman–Crippen LogP) is 1.93. The number of allylic oxidation sites excluding steroid dienone is 6. The summed E-state index contributed by atoms with van der Waals surface area (Å²) in [5.41, 5.74) is 0.613. The van der Waals surface area contributed by atoms with Crippen LogP contribution in [-0.2, 0) is 14.6 Å². The number of amides is 1. The highest BCUT2D eigenvalue weighted by atomic mass is 32.2. The summed E-state index contributed by atoms with van der Waals surface area (Å²) in [6, 6.07) is 0. The predicted molar refractivity (Wildman–Crippen MR) is 82.1 cm³/mol. The van der Waals surface area contributed by atoms with Gasteiger partial charge in [-0.05, 0) is 25.0 Å². The van der Waals surface area contributed by atoms with Gasteiger partial charge in [0.05, 0.1) is 0 Å². The lowest BCUT2D eigenvalue weighted by atomic mass is 10.1. The lowest BCUT2D eigenvalue weighted by Gasteiger charge is -2.06. The van der Waals surface area contributed by atoms with Crippen molar-refractivity contribution in [3.05, 3.63) is 48.1 Å². The molecule has 0 heterocycles. The Bertz CT molecular complexity index is 539. The Kier molecular flexibility index (Phi) is 7.01. The van der Waals surface area contributed by atoms with Crippen molar-refractivity contribution in [2.75, 3.05) is 18.6 Å². The third kappa shape index (κ3) is 7.74. The minimum atomic E-state index is -2.87. The molecule has 0 bridgehead atoms. The van der Waals surface area contributed by atoms with Gasteiger partial charge in [0.15, 0.2) is 0 Å². The van der Waals surface area contributed by atoms with Crippen molar-refractivity contribution in [1.82, 2.24) is 5.32 Å². The molecule has 0 saturated heterocycles. The molecule has 0 atom stereocenters. The first kappa shape index (κ1) is 16.4. The normalized spacial score (nSPS) is 17.8. The first-order valence-corrected chi connectivity index (χ1v) is 8.73. The summed E-state index contributed by atoms with van der Waals surface area (Å²) in [7, 11) is -2.87. The SMILES string of the molecule is CS(=O)(=O)CCCCCNC(=O)C1=C/C=C\C=C/C=C1. The van der Waals surface area contributed by atoms with Crippen molar-refractivity contribution in [2.45, 2.75) is 19.3 Å². The van der Waals surface area contributed by atoms with Crippen molar-refractivity contribution in [1.29, 1.82) is 0 Å². The molecule has 4 nitrogen and oxygen atoms in total. The number of sulfone groups is 1. The van der Waals surface area contributed by atoms with Crippen molar-refractivity contribution in [3.63, 3.8) is 0 Å². The fraction of sp³-hybridized carbons (Fsp3) is 0.400. The van der Waals surface area contributed by atoms with Crippen LogP contribution in [0.5, 0.6) is 0 Å². The Morgan fingerprint density at radius 2 is 1.75 bits per heavy atom. The number of unbranched alkanes of at least 4 members (excludes halogenated alkanes) is 2. The first-order chi connectivity index (χ1) is 9.49. The maximum absolute atomic E-state index is 11.9. The Labute approximate surface area is 120 Å². The molecule has 1 aliphatic rings. The second-order valence-corrected chi connectivity index (χ2v) is 6.96. The molecule has 0 radical (unpaired) electrons. The number of carbonyl (C=O) groups is 1. The second kappa shape index (κ2) is 8.53. The first-order valence-electron chi connectivity index (χ1n) is 6.67. The van der Waals surface area contributed by atoms with Gasteiger partial charge in [-0.25, -0.2) is 8.42 Å². The largest absolute Gasteiger partial charge is 0.352 e. The van der Waals surface area contributed by atoms with Crippen LogP contribution in [0.15, 0.2) is 48.1 Å². The summed E-state index contributed by atoms with van der Waals surface area (Å²) in [6.07, 6.45) is 16.3. The standard InChI is InChI=1S/C15H21NO3S/c1-20(18,19)13-9-5-8-12-16-15(17)14-10-6-3-2-4-7-11-14/h2-4,6-7,10-11H,5,8-9,12-13H2,1H3,(H,16,17)/b3-2-,4-2?,6-3?,7-4-,10-6?,11-7?,14-10?,14-11?. The van der Waals surface area contributed by atoms with Crippen LogP contribution in [0.4, 0.5) is 0 Å². The van der Waals surface area contributed by atoms with Crippen LogP contribution in [0.2, 0.25) is 0 Å². The van der Waals surface area contributed by atoms with E-state index < -0.39 is 9.84 Å². The van der Waals surface area contributed by atoms with E-state index in [0.29, 0.717) is 18.5 Å². The highest BCUT2D eigenvalue weighted by molar-refractivity contribution is 7.90. The molecule has 1 amide bonds. The molecule has 0 unspecified atom stereocenters. The fourth-order valence-electron chi connectivity index (χ4n) is 1.69. The highest BCUT2D eigenvalue weighted by Gasteiger charge is 2.05. The van der Waals surface area contributed by atoms with Gasteiger partial charge in [0.1, 0.15) is 9.84 Å². The molecule has 0 aromatic heterocycles. The third-order valence-corrected chi connectivity index (χ3v) is 3.77. The van der Waals surface area contributed by atoms with Crippen molar-refractivity contribution in [2.24, 2.45) is 0 Å². The molecule has 1 aliphatic carbocycles. The Hall–Kier alpha value is -1.62. The molecular weight excluding hydrogens is 274 g/mol. The van der Waals surface area contributed by atoms with Gasteiger partial charge in [0, 0.05) is 24.1 Å². The zero-order valence-corrected chi connectivity index (χ0v) is 12.5. The summed E-state index contributed by atoms with van der Waals surface area (Å²) in [6.45, 7) is 0.563. The highest BCUT2D eigenvalue weighted by Crippen LogP contribution is 2.02. The molecule has 5 heteroatoms. The van der Waals surface area contributed by atoms with E-state index in [1.165, 1.54) is 6.26 Å². The molecule has 0 saturated carbocycles. The van der Waals surface area contributed by atoms with E-state index in [9.17, 15) is 13.2 Å². The lowest BCUT2D eigenvalue weighted by Crippen LogP contribution is -2.25. The zero-order valence-electron chi connectivity index (χ0n) is 11.7. The maximum Gasteiger partial charge on any atom is 0.251 e. The number of hydrogen-bond donors (Lipinski definition) is 1. The molecule has 0 aromatic rings. The number of rotatable bonds is 7. The van der Waals surface area contributed by atoms with Crippen LogP contribution in [0.1, 0.15) is 19.3 Å². The van der Waals surface area contributed by atoms with Gasteiger partial charge in [-0.2, -0.15) is 0 Å². The molecule has 0 fully saturated rings. The van der Waals surface area contributed by atoms with Crippen LogP contribution in [0.3, 0.4) is 0 Å². The fourth-order valence-corrected chi connectivity index (χ4v) is 2.42. The van der Waals surface area contributed by atoms with Gasteiger partial charge in [-0.3, -0.25) is 4.79 Å². The van der Waals surface area contributed by atoms with Crippen molar-refractivity contribution < 1.29 is 13.2 Å². The van der Waals surface area contributed by atoms with Crippen molar-refractivity contribution in [3.8, 4) is 0 Å². The Morgan fingerprint density at radius 3 is 2.50 bits per heavy atom. The molecule has 110 valence electrons. The van der Waals surface area contributed by atoms with E-state index >= 15 is 0 Å². The Balaban J connectivity index is 2.23. The zero-order chi connectivity index (χ0) is 14.8. The van der Waals surface area contributed by atoms with Gasteiger partial charge in [-0.15, -0.1) is 0 Å². The topological polar surface area (TPSA) is 63.2 Å². The Morgan fingerprint density at radius 1 is 1.05 bits per heavy atom. The van der Waals surface area contributed by atoms with E-state index in [0.717, 1.165) is 12.8 Å². The number of carbonyl (C=O) groups excluding carboxylic acids is 1. The van der Waals surface area contributed by atoms with Gasteiger partial charge in [0.25, 0.3) is 5.91 Å². The average Bonchev–Trinajstić information content (AvgIpc) is 2.31. The summed E-state index contributed by atoms with van der Waals surface area (Å²) in [5, 5.41) is 2.83. The van der Waals surface area contributed by atoms with Crippen LogP contribution in [0, 0.1) is 0 Å². The van der Waals surface area contributed by atoms with Gasteiger partial charge >= 0.3 is 0 Å². The minimum Gasteiger partial charge on any atom is -0.352 e. The van der Waals surface area contributed by atoms with E-state index in [2.05, 4.69) is 5.32 Å². The third-order valence-electron chi connectivity index (χ3n) is 2.74. The molecule has 0 aromatic carbocycles. The van der Waals surface area contributed by atoms with E-state index in [1.807, 2.05) is 30.4 Å². The molecule has 20 heavy (non-hydrogen) atoms. The van der Waals surface area contributed by atoms with Crippen LogP contribution < -0.4 is 5.32 Å². The smallest absolute Gasteiger partial charge is 0.251 e. The monoisotopic (exact) mass is 295 g/mol. The van der Waals surface area contributed by atoms with Gasteiger partial charge in [0.2, 0.25) is 0 Å². The van der Waals surface area contributed by atoms with Crippen LogP contribution in [-0.4, -0.2) is 32.9 Å². The van der Waals surface area contributed by atoms with Gasteiger partial charge < -0.3 is 5.32 Å². The summed E-state index contributed by atoms with van der Waals surface area (Å²) in [4.78, 5) is 11.9. The maximum atomic E-state index is 11.9. The lowest BCUT2D eigenvalue weighted by molar-refractivity contribution is -0.117. The summed E-state index contributed by atoms with van der Waals surface area (Å²) >= 11 is 0. The van der Waals surface area contributed by atoms with Crippen LogP contribution >= 0.6 is 0 Å². The quantitative estimate of drug-likeness (QED) is 0.730. The van der Waals surface area contributed by atoms with Gasteiger partial charge in [-0.1, -0.05) is 36.8 Å². The van der Waals surface area contributed by atoms with E-state index in [1.54, 1.807) is 12.2 Å². The molecule has 1 N–H and O–H groups in total. The van der Waals surface area contributed by atoms with E-state index in [4.69, 9.17) is 0 Å². The molecule has 0 spiro atoms. The van der Waals surface area contributed by atoms with Crippen LogP contribution in [0.25, 0.3) is 0 Å².